The minimum absolute atomic E-state index is 0.0207. The number of anilines is 1. The van der Waals surface area contributed by atoms with Gasteiger partial charge in [0, 0.05) is 18.7 Å². The molecule has 114 valence electrons. The van der Waals surface area contributed by atoms with E-state index >= 15 is 0 Å². The molecule has 21 heavy (non-hydrogen) atoms. The number of ether oxygens (including phenoxy) is 1. The maximum Gasteiger partial charge on any atom is 0.338 e. The normalized spacial score (nSPS) is 10.1. The molecule has 0 aliphatic carbocycles. The van der Waals surface area contributed by atoms with Crippen LogP contribution in [0.4, 0.5) is 11.4 Å². The van der Waals surface area contributed by atoms with Gasteiger partial charge in [-0.15, -0.1) is 6.58 Å². The number of non-ortho nitro benzene ring substituents is 1. The third kappa shape index (κ3) is 5.05. The molecule has 0 unspecified atom stereocenters. The lowest BCUT2D eigenvalue weighted by Gasteiger charge is -2.11. The summed E-state index contributed by atoms with van der Waals surface area (Å²) in [6.45, 7) is 4.75. The highest BCUT2D eigenvalue weighted by molar-refractivity contribution is 6.34. The van der Waals surface area contributed by atoms with E-state index in [1.54, 1.807) is 6.08 Å². The number of carboxylic acids is 1. The summed E-state index contributed by atoms with van der Waals surface area (Å²) in [5.41, 5.74) is -0.479. The Morgan fingerprint density at radius 3 is 2.81 bits per heavy atom. The molecule has 8 heteroatoms. The van der Waals surface area contributed by atoms with Gasteiger partial charge in [-0.25, -0.2) is 4.79 Å². The van der Waals surface area contributed by atoms with Gasteiger partial charge in [-0.1, -0.05) is 17.7 Å². The van der Waals surface area contributed by atoms with Crippen LogP contribution in [0.25, 0.3) is 0 Å². The third-order valence-electron chi connectivity index (χ3n) is 2.53. The lowest BCUT2D eigenvalue weighted by Crippen LogP contribution is -2.13. The zero-order valence-electron chi connectivity index (χ0n) is 11.2. The van der Waals surface area contributed by atoms with Crippen molar-refractivity contribution in [2.45, 2.75) is 6.42 Å². The number of hydrogen-bond acceptors (Lipinski definition) is 5. The quantitative estimate of drug-likeness (QED) is 0.314. The number of benzene rings is 1. The van der Waals surface area contributed by atoms with Crippen LogP contribution in [0.1, 0.15) is 16.8 Å². The molecule has 0 fully saturated rings. The SMILES string of the molecule is C=CCCOCCNc1c(Cl)cc([N+](=O)[O-])cc1C(=O)O. The van der Waals surface area contributed by atoms with Gasteiger partial charge >= 0.3 is 5.97 Å². The molecule has 7 nitrogen and oxygen atoms in total. The van der Waals surface area contributed by atoms with E-state index in [0.29, 0.717) is 19.8 Å². The molecule has 0 amide bonds. The Kier molecular flexibility index (Phi) is 6.64. The van der Waals surface area contributed by atoms with E-state index in [9.17, 15) is 14.9 Å². The van der Waals surface area contributed by atoms with Gasteiger partial charge in [0.05, 0.1) is 34.4 Å². The van der Waals surface area contributed by atoms with E-state index in [2.05, 4.69) is 11.9 Å². The fraction of sp³-hybridized carbons (Fsp3) is 0.308. The average molecular weight is 315 g/mol. The van der Waals surface area contributed by atoms with Crippen molar-refractivity contribution >= 4 is 28.9 Å². The Morgan fingerprint density at radius 1 is 1.52 bits per heavy atom. The van der Waals surface area contributed by atoms with Crippen molar-refractivity contribution in [3.05, 3.63) is 45.5 Å². The summed E-state index contributed by atoms with van der Waals surface area (Å²) in [5.74, 6) is -1.30. The molecule has 0 radical (unpaired) electrons. The summed E-state index contributed by atoms with van der Waals surface area (Å²) < 4.78 is 5.27. The number of nitro groups is 1. The Hall–Kier alpha value is -2.12. The summed E-state index contributed by atoms with van der Waals surface area (Å²) in [5, 5.41) is 22.6. The first-order valence-corrected chi connectivity index (χ1v) is 6.49. The topological polar surface area (TPSA) is 102 Å². The van der Waals surface area contributed by atoms with Gasteiger partial charge in [-0.2, -0.15) is 0 Å². The van der Waals surface area contributed by atoms with Crippen LogP contribution in [-0.4, -0.2) is 35.8 Å². The second-order valence-corrected chi connectivity index (χ2v) is 4.44. The second kappa shape index (κ2) is 8.23. The minimum Gasteiger partial charge on any atom is -0.478 e. The van der Waals surface area contributed by atoms with Gasteiger partial charge in [-0.05, 0) is 6.42 Å². The van der Waals surface area contributed by atoms with Crippen LogP contribution >= 0.6 is 11.6 Å². The maximum atomic E-state index is 11.2. The number of hydrogen-bond donors (Lipinski definition) is 2. The van der Waals surface area contributed by atoms with E-state index in [4.69, 9.17) is 21.4 Å². The molecular weight excluding hydrogens is 300 g/mol. The number of carboxylic acid groups (broad SMARTS) is 1. The number of nitro benzene ring substituents is 1. The first kappa shape index (κ1) is 16.9. The van der Waals surface area contributed by atoms with E-state index in [0.717, 1.165) is 18.6 Å². The van der Waals surface area contributed by atoms with E-state index < -0.39 is 10.9 Å². The summed E-state index contributed by atoms with van der Waals surface area (Å²) in [7, 11) is 0. The molecule has 0 spiro atoms. The van der Waals surface area contributed by atoms with Crippen LogP contribution in [0.3, 0.4) is 0 Å². The van der Waals surface area contributed by atoms with Crippen molar-refractivity contribution in [2.24, 2.45) is 0 Å². The van der Waals surface area contributed by atoms with Crippen molar-refractivity contribution in [2.75, 3.05) is 25.1 Å². The van der Waals surface area contributed by atoms with Crippen molar-refractivity contribution in [1.82, 2.24) is 0 Å². The van der Waals surface area contributed by atoms with E-state index in [-0.39, 0.29) is 22.0 Å². The molecule has 0 heterocycles. The lowest BCUT2D eigenvalue weighted by molar-refractivity contribution is -0.384. The maximum absolute atomic E-state index is 11.2. The zero-order valence-corrected chi connectivity index (χ0v) is 11.9. The fourth-order valence-electron chi connectivity index (χ4n) is 1.56. The summed E-state index contributed by atoms with van der Waals surface area (Å²) in [6, 6.07) is 2.07. The van der Waals surface area contributed by atoms with E-state index in [1.165, 1.54) is 0 Å². The Bertz CT molecular complexity index is 548. The number of rotatable bonds is 9. The van der Waals surface area contributed by atoms with Crippen molar-refractivity contribution in [3.63, 3.8) is 0 Å². The van der Waals surface area contributed by atoms with Gasteiger partial charge in [0.15, 0.2) is 0 Å². The van der Waals surface area contributed by atoms with Crippen LogP contribution in [-0.2, 0) is 4.74 Å². The zero-order chi connectivity index (χ0) is 15.8. The monoisotopic (exact) mass is 314 g/mol. The Balaban J connectivity index is 2.78. The third-order valence-corrected chi connectivity index (χ3v) is 2.83. The number of halogens is 1. The van der Waals surface area contributed by atoms with Gasteiger partial charge in [-0.3, -0.25) is 10.1 Å². The first-order chi connectivity index (χ1) is 9.97. The molecule has 1 rings (SSSR count). The molecule has 0 aliphatic rings. The highest BCUT2D eigenvalue weighted by Gasteiger charge is 2.19. The Morgan fingerprint density at radius 2 is 2.24 bits per heavy atom. The molecule has 2 N–H and O–H groups in total. The van der Waals surface area contributed by atoms with Gasteiger partial charge < -0.3 is 15.2 Å². The van der Waals surface area contributed by atoms with Crippen LogP contribution in [0.2, 0.25) is 5.02 Å². The summed E-state index contributed by atoms with van der Waals surface area (Å²) in [4.78, 5) is 21.2. The number of nitrogens with zero attached hydrogens (tertiary/aromatic N) is 1. The molecule has 1 aromatic carbocycles. The van der Waals surface area contributed by atoms with E-state index in [1.807, 2.05) is 0 Å². The smallest absolute Gasteiger partial charge is 0.338 e. The molecule has 1 aromatic rings. The van der Waals surface area contributed by atoms with Crippen LogP contribution in [0.15, 0.2) is 24.8 Å². The van der Waals surface area contributed by atoms with Crippen molar-refractivity contribution in [3.8, 4) is 0 Å². The highest BCUT2D eigenvalue weighted by Crippen LogP contribution is 2.31. The van der Waals surface area contributed by atoms with Gasteiger partial charge in [0.2, 0.25) is 0 Å². The largest absolute Gasteiger partial charge is 0.478 e. The molecule has 0 aromatic heterocycles. The highest BCUT2D eigenvalue weighted by atomic mass is 35.5. The predicted octanol–water partition coefficient (Wildman–Crippen LogP) is 2.95. The Labute approximate surface area is 126 Å². The lowest BCUT2D eigenvalue weighted by atomic mass is 10.1. The molecule has 0 bridgehead atoms. The van der Waals surface area contributed by atoms with Crippen LogP contribution in [0.5, 0.6) is 0 Å². The average Bonchev–Trinajstić information content (AvgIpc) is 2.43. The molecule has 0 atom stereocenters. The summed E-state index contributed by atoms with van der Waals surface area (Å²) >= 11 is 5.90. The first-order valence-electron chi connectivity index (χ1n) is 6.11. The fourth-order valence-corrected chi connectivity index (χ4v) is 1.84. The second-order valence-electron chi connectivity index (χ2n) is 4.03. The van der Waals surface area contributed by atoms with Gasteiger partial charge in [0.1, 0.15) is 0 Å². The molecule has 0 aliphatic heterocycles. The molecule has 0 saturated carbocycles. The van der Waals surface area contributed by atoms with Crippen molar-refractivity contribution in [1.29, 1.82) is 0 Å². The van der Waals surface area contributed by atoms with Crippen molar-refractivity contribution < 1.29 is 19.6 Å². The van der Waals surface area contributed by atoms with Crippen LogP contribution < -0.4 is 5.32 Å². The number of nitrogens with one attached hydrogen (secondary N) is 1. The number of aromatic carboxylic acids is 1. The standard InChI is InChI=1S/C13H15ClN2O5/c1-2-3-5-21-6-4-15-12-10(13(17)18)7-9(16(19)20)8-11(12)14/h2,7-8,15H,1,3-6H2,(H,17,18). The molecule has 0 saturated heterocycles. The minimum atomic E-state index is -1.30. The summed E-state index contributed by atoms with van der Waals surface area (Å²) in [6.07, 6.45) is 2.45. The van der Waals surface area contributed by atoms with Crippen LogP contribution in [0, 0.1) is 10.1 Å². The molecular formula is C13H15ClN2O5. The predicted molar refractivity (Wildman–Crippen MR) is 79.2 cm³/mol. The van der Waals surface area contributed by atoms with Gasteiger partial charge in [0.25, 0.3) is 5.69 Å². The number of carbonyl (C=O) groups is 1.